The first kappa shape index (κ1) is 15.3. The van der Waals surface area contributed by atoms with Crippen LogP contribution in [0.15, 0.2) is 53.4 Å². The Morgan fingerprint density at radius 3 is 2.62 bits per heavy atom. The van der Waals surface area contributed by atoms with E-state index >= 15 is 0 Å². The first-order valence-electron chi connectivity index (χ1n) is 6.48. The third kappa shape index (κ3) is 4.47. The molecule has 2 aromatic rings. The lowest BCUT2D eigenvalue weighted by molar-refractivity contribution is -0.385. The Kier molecular flexibility index (Phi) is 5.59. The van der Waals surface area contributed by atoms with Crippen molar-refractivity contribution in [2.45, 2.75) is 11.4 Å². The number of nitro groups is 1. The van der Waals surface area contributed by atoms with Crippen molar-refractivity contribution in [3.63, 3.8) is 0 Å². The van der Waals surface area contributed by atoms with Crippen LogP contribution in [0.4, 0.5) is 5.69 Å². The summed E-state index contributed by atoms with van der Waals surface area (Å²) in [7, 11) is 0. The lowest BCUT2D eigenvalue weighted by Crippen LogP contribution is -2.04. The zero-order chi connectivity index (χ0) is 15.1. The number of ether oxygens (including phenoxy) is 1. The Bertz CT molecular complexity index is 605. The van der Waals surface area contributed by atoms with Gasteiger partial charge in [-0.3, -0.25) is 10.1 Å². The molecule has 0 aromatic heterocycles. The minimum atomic E-state index is -0.444. The summed E-state index contributed by atoms with van der Waals surface area (Å²) < 4.78 is 5.54. The molecule has 5 nitrogen and oxygen atoms in total. The lowest BCUT2D eigenvalue weighted by atomic mass is 10.2. The zero-order valence-electron chi connectivity index (χ0n) is 11.4. The van der Waals surface area contributed by atoms with Crippen LogP contribution in [0.25, 0.3) is 0 Å². The van der Waals surface area contributed by atoms with Gasteiger partial charge in [0.2, 0.25) is 0 Å². The van der Waals surface area contributed by atoms with Crippen LogP contribution in [0.5, 0.6) is 5.75 Å². The van der Waals surface area contributed by atoms with E-state index in [1.165, 1.54) is 6.07 Å². The summed E-state index contributed by atoms with van der Waals surface area (Å²) in [5, 5.41) is 11.0. The monoisotopic (exact) mass is 304 g/mol. The fourth-order valence-corrected chi connectivity index (χ4v) is 2.53. The molecule has 0 heterocycles. The van der Waals surface area contributed by atoms with E-state index in [4.69, 9.17) is 10.5 Å². The molecule has 0 spiro atoms. The molecule has 0 aliphatic heterocycles. The van der Waals surface area contributed by atoms with Crippen LogP contribution in [-0.2, 0) is 6.54 Å². The lowest BCUT2D eigenvalue weighted by Gasteiger charge is -2.08. The largest absolute Gasteiger partial charge is 0.486 e. The maximum atomic E-state index is 11.0. The van der Waals surface area contributed by atoms with Crippen molar-refractivity contribution in [3.05, 3.63) is 64.2 Å². The molecular weight excluding hydrogens is 288 g/mol. The molecule has 0 aliphatic rings. The van der Waals surface area contributed by atoms with Crippen LogP contribution < -0.4 is 10.5 Å². The van der Waals surface area contributed by atoms with Gasteiger partial charge < -0.3 is 10.5 Å². The number of nitrogens with two attached hydrogens (primary N) is 1. The zero-order valence-corrected chi connectivity index (χ0v) is 12.2. The molecule has 2 N–H and O–H groups in total. The van der Waals surface area contributed by atoms with E-state index < -0.39 is 4.92 Å². The van der Waals surface area contributed by atoms with E-state index in [9.17, 15) is 10.1 Å². The molecule has 0 radical (unpaired) electrons. The molecule has 0 saturated carbocycles. The van der Waals surface area contributed by atoms with Crippen LogP contribution >= 0.6 is 11.8 Å². The molecule has 2 rings (SSSR count). The number of nitrogens with zero attached hydrogens (tertiary/aromatic N) is 1. The molecule has 6 heteroatoms. The Labute approximate surface area is 127 Å². The minimum absolute atomic E-state index is 0.0306. The maximum Gasteiger partial charge on any atom is 0.310 e. The normalized spacial score (nSPS) is 10.3. The fourth-order valence-electron chi connectivity index (χ4n) is 1.78. The first-order chi connectivity index (χ1) is 10.2. The molecule has 0 atom stereocenters. The Balaban J connectivity index is 1.94. The predicted molar refractivity (Wildman–Crippen MR) is 83.6 cm³/mol. The van der Waals surface area contributed by atoms with Gasteiger partial charge in [0.05, 0.1) is 11.5 Å². The van der Waals surface area contributed by atoms with E-state index in [2.05, 4.69) is 0 Å². The molecule has 2 aromatic carbocycles. The standard InChI is InChI=1S/C15H16N2O3S/c16-11-12-6-7-14(17(18)19)15(10-12)20-8-9-21-13-4-2-1-3-5-13/h1-7,10H,8-9,11,16H2. The molecule has 0 aliphatic carbocycles. The van der Waals surface area contributed by atoms with Crippen LogP contribution in [0.1, 0.15) is 5.56 Å². The minimum Gasteiger partial charge on any atom is -0.486 e. The second kappa shape index (κ2) is 7.66. The smallest absolute Gasteiger partial charge is 0.310 e. The van der Waals surface area contributed by atoms with Crippen LogP contribution in [-0.4, -0.2) is 17.3 Å². The number of hydrogen-bond acceptors (Lipinski definition) is 5. The number of nitro benzene ring substituents is 1. The summed E-state index contributed by atoms with van der Waals surface area (Å²) in [6.45, 7) is 0.724. The van der Waals surface area contributed by atoms with Crippen molar-refractivity contribution in [1.82, 2.24) is 0 Å². The molecule has 110 valence electrons. The number of benzene rings is 2. The van der Waals surface area contributed by atoms with Crippen molar-refractivity contribution < 1.29 is 9.66 Å². The molecule has 0 saturated heterocycles. The van der Waals surface area contributed by atoms with E-state index in [1.807, 2.05) is 30.3 Å². The topological polar surface area (TPSA) is 78.4 Å². The highest BCUT2D eigenvalue weighted by atomic mass is 32.2. The fraction of sp³-hybridized carbons (Fsp3) is 0.200. The van der Waals surface area contributed by atoms with Gasteiger partial charge in [-0.25, -0.2) is 0 Å². The Hall–Kier alpha value is -2.05. The van der Waals surface area contributed by atoms with Crippen LogP contribution in [0, 0.1) is 10.1 Å². The quantitative estimate of drug-likeness (QED) is 0.368. The highest BCUT2D eigenvalue weighted by Gasteiger charge is 2.15. The van der Waals surface area contributed by atoms with Gasteiger partial charge in [-0.05, 0) is 23.8 Å². The average molecular weight is 304 g/mol. The summed E-state index contributed by atoms with van der Waals surface area (Å²) >= 11 is 1.64. The van der Waals surface area contributed by atoms with Gasteiger partial charge in [0.25, 0.3) is 0 Å². The maximum absolute atomic E-state index is 11.0. The van der Waals surface area contributed by atoms with Gasteiger partial charge in [-0.15, -0.1) is 11.8 Å². The van der Waals surface area contributed by atoms with Crippen molar-refractivity contribution in [2.24, 2.45) is 5.73 Å². The average Bonchev–Trinajstić information content (AvgIpc) is 2.52. The molecule has 0 amide bonds. The summed E-state index contributed by atoms with van der Waals surface area (Å²) in [5.41, 5.74) is 6.33. The highest BCUT2D eigenvalue weighted by Crippen LogP contribution is 2.28. The van der Waals surface area contributed by atoms with Gasteiger partial charge >= 0.3 is 5.69 Å². The molecular formula is C15H16N2O3S. The predicted octanol–water partition coefficient (Wildman–Crippen LogP) is 3.22. The van der Waals surface area contributed by atoms with E-state index in [0.29, 0.717) is 18.9 Å². The highest BCUT2D eigenvalue weighted by molar-refractivity contribution is 7.99. The van der Waals surface area contributed by atoms with Gasteiger partial charge in [0, 0.05) is 23.3 Å². The summed E-state index contributed by atoms with van der Waals surface area (Å²) in [6.07, 6.45) is 0. The van der Waals surface area contributed by atoms with Crippen molar-refractivity contribution >= 4 is 17.4 Å². The molecule has 0 fully saturated rings. The Morgan fingerprint density at radius 1 is 1.19 bits per heavy atom. The molecule has 21 heavy (non-hydrogen) atoms. The van der Waals surface area contributed by atoms with E-state index in [-0.39, 0.29) is 11.4 Å². The summed E-state index contributed by atoms with van der Waals surface area (Å²) in [5.74, 6) is 0.991. The van der Waals surface area contributed by atoms with E-state index in [0.717, 1.165) is 10.5 Å². The molecule has 0 bridgehead atoms. The third-order valence-corrected chi connectivity index (χ3v) is 3.79. The van der Waals surface area contributed by atoms with E-state index in [1.54, 1.807) is 23.9 Å². The van der Waals surface area contributed by atoms with Crippen molar-refractivity contribution in [2.75, 3.05) is 12.4 Å². The van der Waals surface area contributed by atoms with Crippen LogP contribution in [0.2, 0.25) is 0 Å². The third-order valence-electron chi connectivity index (χ3n) is 2.81. The second-order valence-corrected chi connectivity index (χ2v) is 5.44. The van der Waals surface area contributed by atoms with Crippen molar-refractivity contribution in [1.29, 1.82) is 0 Å². The van der Waals surface area contributed by atoms with Crippen molar-refractivity contribution in [3.8, 4) is 5.75 Å². The summed E-state index contributed by atoms with van der Waals surface area (Å²) in [6, 6.07) is 14.6. The van der Waals surface area contributed by atoms with Gasteiger partial charge in [0.1, 0.15) is 0 Å². The second-order valence-electron chi connectivity index (χ2n) is 4.27. The van der Waals surface area contributed by atoms with Gasteiger partial charge in [-0.1, -0.05) is 24.3 Å². The first-order valence-corrected chi connectivity index (χ1v) is 7.47. The van der Waals surface area contributed by atoms with Gasteiger partial charge in [-0.2, -0.15) is 0 Å². The Morgan fingerprint density at radius 2 is 1.95 bits per heavy atom. The number of hydrogen-bond donors (Lipinski definition) is 1. The SMILES string of the molecule is NCc1ccc([N+](=O)[O-])c(OCCSc2ccccc2)c1. The van der Waals surface area contributed by atoms with Crippen LogP contribution in [0.3, 0.4) is 0 Å². The number of rotatable bonds is 7. The number of thioether (sulfide) groups is 1. The summed E-state index contributed by atoms with van der Waals surface area (Å²) in [4.78, 5) is 11.7. The molecule has 0 unspecified atom stereocenters. The van der Waals surface area contributed by atoms with Gasteiger partial charge in [0.15, 0.2) is 5.75 Å².